The molecule has 0 bridgehead atoms. The average molecular weight is 703 g/mol. The first-order valence-electron chi connectivity index (χ1n) is 18.6. The minimum absolute atomic E-state index is 0.487. The summed E-state index contributed by atoms with van der Waals surface area (Å²) in [5.41, 5.74) is 5.88. The first kappa shape index (κ1) is 34.8. The van der Waals surface area contributed by atoms with Crippen molar-refractivity contribution in [1.82, 2.24) is 39.5 Å². The normalized spacial score (nSPS) is 15.8. The average Bonchev–Trinajstić information content (AvgIpc) is 3.75. The topological polar surface area (TPSA) is 131 Å². The van der Waals surface area contributed by atoms with Gasteiger partial charge in [0.2, 0.25) is 11.9 Å². The molecular formula is C39H50N10OSi. The summed E-state index contributed by atoms with van der Waals surface area (Å²) in [6, 6.07) is 13.0. The van der Waals surface area contributed by atoms with Crippen molar-refractivity contribution in [2.45, 2.75) is 102 Å². The lowest BCUT2D eigenvalue weighted by Gasteiger charge is -2.22. The van der Waals surface area contributed by atoms with Gasteiger partial charge in [0.25, 0.3) is 0 Å². The van der Waals surface area contributed by atoms with Crippen LogP contribution in [0.3, 0.4) is 0 Å². The Labute approximate surface area is 301 Å². The molecule has 6 aromatic heterocycles. The van der Waals surface area contributed by atoms with Gasteiger partial charge in [-0.25, -0.2) is 29.9 Å². The number of hydrogen-bond acceptors (Lipinski definition) is 9. The highest BCUT2D eigenvalue weighted by Crippen LogP contribution is 2.30. The van der Waals surface area contributed by atoms with E-state index < -0.39 is 8.32 Å². The smallest absolute Gasteiger partial charge is 0.223 e. The minimum atomic E-state index is -1.53. The Morgan fingerprint density at radius 3 is 1.92 bits per heavy atom. The van der Waals surface area contributed by atoms with E-state index in [0.717, 1.165) is 63.0 Å². The van der Waals surface area contributed by atoms with Gasteiger partial charge >= 0.3 is 0 Å². The van der Waals surface area contributed by atoms with Gasteiger partial charge in [-0.1, -0.05) is 38.5 Å². The van der Waals surface area contributed by atoms with Crippen LogP contribution >= 0.6 is 0 Å². The van der Waals surface area contributed by atoms with E-state index in [2.05, 4.69) is 83.1 Å². The highest BCUT2D eigenvalue weighted by molar-refractivity contribution is 6.69. The maximum absolute atomic E-state index is 6.06. The Bertz CT molecular complexity index is 2020. The van der Waals surface area contributed by atoms with Crippen LogP contribution in [0.1, 0.15) is 64.2 Å². The molecule has 6 heterocycles. The highest BCUT2D eigenvalue weighted by Gasteiger charge is 2.19. The molecule has 8 rings (SSSR count). The molecule has 0 amide bonds. The van der Waals surface area contributed by atoms with Gasteiger partial charge in [0.05, 0.1) is 18.0 Å². The number of H-pyrrole nitrogens is 1. The molecule has 12 heteroatoms. The molecule has 2 aliphatic rings. The third kappa shape index (κ3) is 8.98. The molecule has 2 aliphatic carbocycles. The van der Waals surface area contributed by atoms with Gasteiger partial charge in [-0.3, -0.25) is 0 Å². The van der Waals surface area contributed by atoms with Crippen LogP contribution < -0.4 is 10.6 Å². The van der Waals surface area contributed by atoms with Gasteiger partial charge < -0.3 is 24.6 Å². The van der Waals surface area contributed by atoms with Gasteiger partial charge in [-0.05, 0) is 81.7 Å². The van der Waals surface area contributed by atoms with Crippen LogP contribution in [-0.4, -0.2) is 66.5 Å². The summed E-state index contributed by atoms with van der Waals surface area (Å²) < 4.78 is 8.24. The van der Waals surface area contributed by atoms with E-state index in [1.165, 1.54) is 64.2 Å². The predicted molar refractivity (Wildman–Crippen MR) is 208 cm³/mol. The summed E-state index contributed by atoms with van der Waals surface area (Å²) in [5, 5.41) is 9.22. The zero-order valence-electron chi connectivity index (χ0n) is 30.1. The minimum Gasteiger partial charge on any atom is -0.416 e. The molecule has 0 aliphatic heterocycles. The van der Waals surface area contributed by atoms with Crippen molar-refractivity contribution in [1.29, 1.82) is 0 Å². The second kappa shape index (κ2) is 16.1. The van der Waals surface area contributed by atoms with Crippen molar-refractivity contribution in [2.75, 3.05) is 17.2 Å². The van der Waals surface area contributed by atoms with Crippen molar-refractivity contribution in [3.8, 4) is 22.5 Å². The number of nitrogens with one attached hydrogen (secondary N) is 3. The van der Waals surface area contributed by atoms with Gasteiger partial charge in [-0.15, -0.1) is 0 Å². The second-order valence-electron chi connectivity index (χ2n) is 14.7. The van der Waals surface area contributed by atoms with Crippen LogP contribution in [0.5, 0.6) is 0 Å². The summed E-state index contributed by atoms with van der Waals surface area (Å²) in [4.78, 5) is 30.5. The molecule has 6 aromatic rings. The molecule has 0 aromatic carbocycles. The Kier molecular flexibility index (Phi) is 11.0. The van der Waals surface area contributed by atoms with E-state index in [0.29, 0.717) is 18.7 Å². The lowest BCUT2D eigenvalue weighted by molar-refractivity contribution is 0.294. The third-order valence-corrected chi connectivity index (χ3v) is 10.8. The van der Waals surface area contributed by atoms with E-state index in [9.17, 15) is 0 Å². The van der Waals surface area contributed by atoms with Gasteiger partial charge in [-0.2, -0.15) is 0 Å². The molecule has 0 atom stereocenters. The van der Waals surface area contributed by atoms with Crippen LogP contribution in [-0.2, 0) is 11.0 Å². The van der Waals surface area contributed by atoms with Crippen molar-refractivity contribution in [2.24, 2.45) is 0 Å². The SMILES string of the molecule is C[Si](C)(C)OCCn1cc(-c2ccnc(NC3CCCCC3)n2)c2cccnc21.c1cnc2[nH]cc(-c3ccnc(NC4CCCCC4)n3)c2c1. The van der Waals surface area contributed by atoms with Gasteiger partial charge in [0, 0.05) is 77.7 Å². The number of anilines is 2. The van der Waals surface area contributed by atoms with Crippen LogP contribution in [0.4, 0.5) is 11.9 Å². The van der Waals surface area contributed by atoms with Gasteiger partial charge in [0.1, 0.15) is 11.3 Å². The van der Waals surface area contributed by atoms with Crippen molar-refractivity contribution < 1.29 is 4.43 Å². The summed E-state index contributed by atoms with van der Waals surface area (Å²) in [6.45, 7) is 8.13. The summed E-state index contributed by atoms with van der Waals surface area (Å²) in [6.07, 6.45) is 24.1. The molecule has 2 fully saturated rings. The molecule has 51 heavy (non-hydrogen) atoms. The van der Waals surface area contributed by atoms with E-state index in [1.54, 1.807) is 6.20 Å². The van der Waals surface area contributed by atoms with Crippen molar-refractivity contribution in [3.63, 3.8) is 0 Å². The zero-order valence-corrected chi connectivity index (χ0v) is 31.1. The molecule has 0 radical (unpaired) electrons. The number of pyridine rings is 2. The number of hydrogen-bond donors (Lipinski definition) is 3. The lowest BCUT2D eigenvalue weighted by Crippen LogP contribution is -2.27. The lowest BCUT2D eigenvalue weighted by atomic mass is 9.96. The summed E-state index contributed by atoms with van der Waals surface area (Å²) in [5.74, 6) is 1.45. The molecule has 266 valence electrons. The van der Waals surface area contributed by atoms with Crippen molar-refractivity contribution >= 4 is 42.3 Å². The molecule has 3 N–H and O–H groups in total. The maximum Gasteiger partial charge on any atom is 0.223 e. The maximum atomic E-state index is 6.06. The number of aromatic nitrogens is 8. The second-order valence-corrected chi connectivity index (χ2v) is 19.2. The van der Waals surface area contributed by atoms with Crippen LogP contribution in [0.25, 0.3) is 44.6 Å². The molecule has 0 unspecified atom stereocenters. The summed E-state index contributed by atoms with van der Waals surface area (Å²) >= 11 is 0. The molecular weight excluding hydrogens is 653 g/mol. The Hall–Kier alpha value is -4.68. The number of fused-ring (bicyclic) bond motifs is 2. The fourth-order valence-electron chi connectivity index (χ4n) is 7.13. The zero-order chi connectivity index (χ0) is 35.0. The first-order valence-corrected chi connectivity index (χ1v) is 22.0. The third-order valence-electron chi connectivity index (χ3n) is 9.69. The van der Waals surface area contributed by atoms with E-state index in [1.807, 2.05) is 49.1 Å². The Morgan fingerprint density at radius 2 is 1.29 bits per heavy atom. The predicted octanol–water partition coefficient (Wildman–Crippen LogP) is 8.85. The van der Waals surface area contributed by atoms with Crippen LogP contribution in [0.2, 0.25) is 19.6 Å². The summed E-state index contributed by atoms with van der Waals surface area (Å²) in [7, 11) is -1.53. The van der Waals surface area contributed by atoms with E-state index in [-0.39, 0.29) is 0 Å². The fourth-order valence-corrected chi connectivity index (χ4v) is 7.83. The van der Waals surface area contributed by atoms with Crippen LogP contribution in [0.15, 0.2) is 73.6 Å². The standard InChI is InChI=1S/C22H31N5OSi.C17H19N5/c1-29(2,3)28-15-14-27-16-19(18-10-7-12-23-21(18)27)20-11-13-24-22(26-20)25-17-8-5-4-6-9-17;1-2-5-12(6-3-1)21-17-19-10-8-15(22-17)14-11-20-16-13(14)7-4-9-18-16/h7,10-13,16-17H,4-6,8-9,14-15H2,1-3H3,(H,24,25,26);4,7-12H,1-3,5-6H2,(H,18,20)(H,19,21,22). The molecule has 0 saturated heterocycles. The molecule has 0 spiro atoms. The fraction of sp³-hybridized carbons (Fsp3) is 0.436. The quantitative estimate of drug-likeness (QED) is 0.120. The van der Waals surface area contributed by atoms with E-state index in [4.69, 9.17) is 9.41 Å². The van der Waals surface area contributed by atoms with Gasteiger partial charge in [0.15, 0.2) is 8.32 Å². The Morgan fingerprint density at radius 1 is 0.706 bits per heavy atom. The monoisotopic (exact) mass is 702 g/mol. The highest BCUT2D eigenvalue weighted by atomic mass is 28.4. The number of aromatic amines is 1. The number of nitrogens with zero attached hydrogens (tertiary/aromatic N) is 7. The van der Waals surface area contributed by atoms with Crippen molar-refractivity contribution in [3.05, 3.63) is 73.6 Å². The number of rotatable bonds is 10. The largest absolute Gasteiger partial charge is 0.416 e. The molecule has 2 saturated carbocycles. The first-order chi connectivity index (χ1) is 24.9. The van der Waals surface area contributed by atoms with Crippen LogP contribution in [0, 0.1) is 0 Å². The molecule has 11 nitrogen and oxygen atoms in total. The van der Waals surface area contributed by atoms with E-state index >= 15 is 0 Å². The Balaban J connectivity index is 0.000000165.